The molecule has 0 fully saturated rings. The Labute approximate surface area is 113 Å². The molecule has 1 N–H and O–H groups in total. The van der Waals surface area contributed by atoms with Crippen LogP contribution in [0.15, 0.2) is 18.5 Å². The van der Waals surface area contributed by atoms with Gasteiger partial charge in [0.25, 0.3) is 5.91 Å². The van der Waals surface area contributed by atoms with E-state index >= 15 is 0 Å². The number of nitrogens with one attached hydrogen (secondary N) is 1. The summed E-state index contributed by atoms with van der Waals surface area (Å²) in [6.07, 6.45) is 1.66. The van der Waals surface area contributed by atoms with Crippen LogP contribution in [-0.2, 0) is 0 Å². The molecule has 9 heteroatoms. The third-order valence-corrected chi connectivity index (χ3v) is 2.47. The molecule has 2 aromatic rings. The van der Waals surface area contributed by atoms with Crippen LogP contribution in [0.1, 0.15) is 10.4 Å². The van der Waals surface area contributed by atoms with Gasteiger partial charge in [-0.1, -0.05) is 0 Å². The minimum absolute atomic E-state index is 0.646. The van der Waals surface area contributed by atoms with Crippen LogP contribution in [0.25, 0.3) is 0 Å². The molecule has 1 amide bonds. The molecule has 3 nitrogen and oxygen atoms in total. The monoisotopic (exact) mass is 306 g/mol. The van der Waals surface area contributed by atoms with E-state index in [4.69, 9.17) is 0 Å². The van der Waals surface area contributed by atoms with Crippen molar-refractivity contribution in [1.82, 2.24) is 4.98 Å². The van der Waals surface area contributed by atoms with Gasteiger partial charge in [0.05, 0.1) is 11.8 Å². The van der Waals surface area contributed by atoms with E-state index in [9.17, 15) is 31.1 Å². The summed E-state index contributed by atoms with van der Waals surface area (Å²) in [5.74, 6) is -13.8. The molecule has 0 unspecified atom stereocenters. The highest BCUT2D eigenvalue weighted by Gasteiger charge is 2.27. The van der Waals surface area contributed by atoms with E-state index in [0.29, 0.717) is 6.20 Å². The molecule has 0 saturated carbocycles. The summed E-state index contributed by atoms with van der Waals surface area (Å²) < 4.78 is 78.6. The van der Waals surface area contributed by atoms with Crippen molar-refractivity contribution in [2.45, 2.75) is 0 Å². The Hall–Kier alpha value is -2.58. The zero-order chi connectivity index (χ0) is 15.7. The first-order valence-electron chi connectivity index (χ1n) is 5.27. The van der Waals surface area contributed by atoms with Gasteiger partial charge in [0.1, 0.15) is 5.69 Å². The Bertz CT molecular complexity index is 705. The van der Waals surface area contributed by atoms with Gasteiger partial charge in [-0.15, -0.1) is 0 Å². The second-order valence-corrected chi connectivity index (χ2v) is 3.75. The van der Waals surface area contributed by atoms with E-state index in [2.05, 4.69) is 4.98 Å². The number of halogens is 6. The lowest BCUT2D eigenvalue weighted by Gasteiger charge is -2.10. The number of carbonyl (C=O) groups excluding carboxylic acids is 1. The first-order chi connectivity index (χ1) is 9.84. The number of anilines is 1. The zero-order valence-electron chi connectivity index (χ0n) is 9.86. The summed E-state index contributed by atoms with van der Waals surface area (Å²) in [6.45, 7) is 0. The lowest BCUT2D eigenvalue weighted by atomic mass is 10.2. The van der Waals surface area contributed by atoms with Gasteiger partial charge in [-0.2, -0.15) is 0 Å². The third-order valence-electron chi connectivity index (χ3n) is 2.47. The summed E-state index contributed by atoms with van der Waals surface area (Å²) in [6, 6.07) is 0.872. The van der Waals surface area contributed by atoms with Crippen LogP contribution in [-0.4, -0.2) is 10.9 Å². The normalized spacial score (nSPS) is 10.6. The van der Waals surface area contributed by atoms with Crippen molar-refractivity contribution in [3.63, 3.8) is 0 Å². The molecule has 2 rings (SSSR count). The van der Waals surface area contributed by atoms with Gasteiger partial charge in [0, 0.05) is 6.20 Å². The summed E-state index contributed by atoms with van der Waals surface area (Å²) in [4.78, 5) is 14.9. The lowest BCUT2D eigenvalue weighted by Crippen LogP contribution is -2.18. The lowest BCUT2D eigenvalue weighted by molar-refractivity contribution is 0.102. The molecular weight excluding hydrogens is 302 g/mol. The van der Waals surface area contributed by atoms with Crippen molar-refractivity contribution in [2.24, 2.45) is 0 Å². The van der Waals surface area contributed by atoms with Crippen molar-refractivity contribution in [1.29, 1.82) is 0 Å². The van der Waals surface area contributed by atoms with E-state index in [1.54, 1.807) is 0 Å². The SMILES string of the molecule is O=C(Nc1c(F)c(F)c(F)c(F)c1F)c1ccncc1F. The molecule has 0 aliphatic heterocycles. The number of hydrogen-bond acceptors (Lipinski definition) is 2. The van der Waals surface area contributed by atoms with E-state index in [0.717, 1.165) is 12.3 Å². The average Bonchev–Trinajstić information content (AvgIpc) is 2.48. The maximum absolute atomic E-state index is 13.3. The van der Waals surface area contributed by atoms with Crippen molar-refractivity contribution < 1.29 is 31.1 Å². The second-order valence-electron chi connectivity index (χ2n) is 3.75. The maximum atomic E-state index is 13.3. The van der Waals surface area contributed by atoms with Gasteiger partial charge in [0.15, 0.2) is 29.1 Å². The topological polar surface area (TPSA) is 42.0 Å². The summed E-state index contributed by atoms with van der Waals surface area (Å²) in [5, 5.41) is 1.44. The highest BCUT2D eigenvalue weighted by atomic mass is 19.2. The Balaban J connectivity index is 2.46. The van der Waals surface area contributed by atoms with Gasteiger partial charge in [0.2, 0.25) is 5.82 Å². The van der Waals surface area contributed by atoms with Gasteiger partial charge in [-0.3, -0.25) is 9.78 Å². The molecule has 1 aromatic carbocycles. The molecule has 0 aliphatic rings. The largest absolute Gasteiger partial charge is 0.317 e. The van der Waals surface area contributed by atoms with Crippen molar-refractivity contribution in [3.05, 3.63) is 58.9 Å². The molecule has 110 valence electrons. The molecule has 0 aliphatic carbocycles. The summed E-state index contributed by atoms with van der Waals surface area (Å²) >= 11 is 0. The molecule has 0 bridgehead atoms. The minimum atomic E-state index is -2.36. The highest BCUT2D eigenvalue weighted by molar-refractivity contribution is 6.04. The van der Waals surface area contributed by atoms with Crippen molar-refractivity contribution >= 4 is 11.6 Å². The second kappa shape index (κ2) is 5.43. The third kappa shape index (κ3) is 2.54. The number of carbonyl (C=O) groups is 1. The fraction of sp³-hybridized carbons (Fsp3) is 0. The highest BCUT2D eigenvalue weighted by Crippen LogP contribution is 2.27. The standard InChI is InChI=1S/C12H4F6N2O/c13-5-3-19-2-1-4(5)12(21)20-11-9(17)7(15)6(14)8(16)10(11)18/h1-3H,(H,20,21). The van der Waals surface area contributed by atoms with Gasteiger partial charge in [-0.05, 0) is 6.07 Å². The number of benzene rings is 1. The molecule has 1 aromatic heterocycles. The van der Waals surface area contributed by atoms with E-state index in [1.807, 2.05) is 0 Å². The summed E-state index contributed by atoms with van der Waals surface area (Å²) in [7, 11) is 0. The van der Waals surface area contributed by atoms with Crippen LogP contribution >= 0.6 is 0 Å². The predicted molar refractivity (Wildman–Crippen MR) is 58.4 cm³/mol. The first-order valence-corrected chi connectivity index (χ1v) is 5.27. The predicted octanol–water partition coefficient (Wildman–Crippen LogP) is 3.17. The van der Waals surface area contributed by atoms with Crippen LogP contribution in [0.3, 0.4) is 0 Å². The van der Waals surface area contributed by atoms with Crippen LogP contribution in [0, 0.1) is 34.9 Å². The van der Waals surface area contributed by atoms with Crippen LogP contribution in [0.5, 0.6) is 0 Å². The van der Waals surface area contributed by atoms with Crippen LogP contribution in [0.4, 0.5) is 32.0 Å². The first kappa shape index (κ1) is 14.8. The van der Waals surface area contributed by atoms with Gasteiger partial charge < -0.3 is 5.32 Å². The molecule has 0 radical (unpaired) electrons. The van der Waals surface area contributed by atoms with Crippen LogP contribution < -0.4 is 5.32 Å². The molecule has 0 saturated heterocycles. The molecule has 0 spiro atoms. The van der Waals surface area contributed by atoms with Crippen LogP contribution in [0.2, 0.25) is 0 Å². The smallest absolute Gasteiger partial charge is 0.258 e. The van der Waals surface area contributed by atoms with E-state index < -0.39 is 52.1 Å². The van der Waals surface area contributed by atoms with Gasteiger partial charge >= 0.3 is 0 Å². The quantitative estimate of drug-likeness (QED) is 0.526. The summed E-state index contributed by atoms with van der Waals surface area (Å²) in [5.41, 5.74) is -2.23. The molecule has 21 heavy (non-hydrogen) atoms. The minimum Gasteiger partial charge on any atom is -0.317 e. The number of aromatic nitrogens is 1. The zero-order valence-corrected chi connectivity index (χ0v) is 9.86. The number of hydrogen-bond donors (Lipinski definition) is 1. The van der Waals surface area contributed by atoms with Crippen molar-refractivity contribution in [3.8, 4) is 0 Å². The number of rotatable bonds is 2. The van der Waals surface area contributed by atoms with Crippen molar-refractivity contribution in [2.75, 3.05) is 5.32 Å². The Morgan fingerprint density at radius 3 is 1.95 bits per heavy atom. The Morgan fingerprint density at radius 1 is 0.905 bits per heavy atom. The fourth-order valence-corrected chi connectivity index (χ4v) is 1.45. The number of pyridine rings is 1. The number of nitrogens with zero attached hydrogens (tertiary/aromatic N) is 1. The molecule has 1 heterocycles. The van der Waals surface area contributed by atoms with E-state index in [1.165, 1.54) is 5.32 Å². The Kier molecular flexibility index (Phi) is 3.83. The maximum Gasteiger partial charge on any atom is 0.258 e. The van der Waals surface area contributed by atoms with E-state index in [-0.39, 0.29) is 0 Å². The Morgan fingerprint density at radius 2 is 1.43 bits per heavy atom. The fourth-order valence-electron chi connectivity index (χ4n) is 1.45. The van der Waals surface area contributed by atoms with Gasteiger partial charge in [-0.25, -0.2) is 26.3 Å². The number of amides is 1. The average molecular weight is 306 g/mol. The molecule has 0 atom stereocenters. The molecular formula is C12H4F6N2O.